The molecule has 0 spiro atoms. The predicted molar refractivity (Wildman–Crippen MR) is 76.1 cm³/mol. The Hall–Kier alpha value is -1.09. The van der Waals surface area contributed by atoms with Crippen molar-refractivity contribution < 1.29 is 9.50 Å². The van der Waals surface area contributed by atoms with E-state index in [1.165, 1.54) is 12.1 Å². The van der Waals surface area contributed by atoms with Crippen LogP contribution < -0.4 is 0 Å². The summed E-state index contributed by atoms with van der Waals surface area (Å²) >= 11 is 12.0. The first-order valence-corrected chi connectivity index (χ1v) is 6.56. The Morgan fingerprint density at radius 3 is 2.37 bits per heavy atom. The quantitative estimate of drug-likeness (QED) is 0.879. The van der Waals surface area contributed by atoms with Crippen LogP contribution in [0.2, 0.25) is 10.0 Å². The lowest BCUT2D eigenvalue weighted by molar-refractivity contribution is 0.0576. The summed E-state index contributed by atoms with van der Waals surface area (Å²) in [5.41, 5.74) is 0.246. The number of benzene rings is 2. The highest BCUT2D eigenvalue weighted by atomic mass is 35.5. The third-order valence-corrected chi connectivity index (χ3v) is 3.61. The molecule has 0 heterocycles. The monoisotopic (exact) mass is 298 g/mol. The van der Waals surface area contributed by atoms with Gasteiger partial charge in [-0.25, -0.2) is 4.39 Å². The van der Waals surface area contributed by atoms with E-state index in [4.69, 9.17) is 23.2 Å². The van der Waals surface area contributed by atoms with E-state index < -0.39 is 5.60 Å². The zero-order valence-corrected chi connectivity index (χ0v) is 11.8. The van der Waals surface area contributed by atoms with Crippen molar-refractivity contribution in [3.63, 3.8) is 0 Å². The average molecular weight is 299 g/mol. The summed E-state index contributed by atoms with van der Waals surface area (Å²) in [6.45, 7) is 1.66. The standard InChI is InChI=1S/C15H13Cl2FO/c1-15(19,11-2-5-13(18)6-3-11)9-10-8-12(16)4-7-14(10)17/h2-8,19H,9H2,1H3. The highest BCUT2D eigenvalue weighted by molar-refractivity contribution is 6.33. The molecular formula is C15H13Cl2FO. The van der Waals surface area contributed by atoms with Gasteiger partial charge < -0.3 is 5.11 Å². The fourth-order valence-electron chi connectivity index (χ4n) is 1.96. The van der Waals surface area contributed by atoms with Gasteiger partial charge in [-0.15, -0.1) is 0 Å². The summed E-state index contributed by atoms with van der Waals surface area (Å²) in [5, 5.41) is 11.6. The predicted octanol–water partition coefficient (Wildman–Crippen LogP) is 4.58. The summed E-state index contributed by atoms with van der Waals surface area (Å²) in [4.78, 5) is 0. The Balaban J connectivity index is 2.30. The third-order valence-electron chi connectivity index (χ3n) is 3.01. The van der Waals surface area contributed by atoms with Gasteiger partial charge >= 0.3 is 0 Å². The lowest BCUT2D eigenvalue weighted by atomic mass is 9.89. The second-order valence-electron chi connectivity index (χ2n) is 4.69. The first-order valence-electron chi connectivity index (χ1n) is 5.81. The zero-order valence-electron chi connectivity index (χ0n) is 10.3. The molecule has 0 aliphatic carbocycles. The van der Waals surface area contributed by atoms with E-state index in [0.29, 0.717) is 22.0 Å². The Morgan fingerprint density at radius 1 is 1.11 bits per heavy atom. The first kappa shape index (κ1) is 14.3. The zero-order chi connectivity index (χ0) is 14.0. The molecule has 1 N–H and O–H groups in total. The van der Waals surface area contributed by atoms with E-state index >= 15 is 0 Å². The van der Waals surface area contributed by atoms with Gasteiger partial charge in [-0.2, -0.15) is 0 Å². The molecule has 0 amide bonds. The van der Waals surface area contributed by atoms with Gasteiger partial charge in [0.15, 0.2) is 0 Å². The maximum Gasteiger partial charge on any atom is 0.123 e. The number of hydrogen-bond donors (Lipinski definition) is 1. The van der Waals surface area contributed by atoms with Crippen LogP contribution in [-0.2, 0) is 12.0 Å². The van der Waals surface area contributed by atoms with E-state index in [-0.39, 0.29) is 5.82 Å². The van der Waals surface area contributed by atoms with Gasteiger partial charge in [-0.1, -0.05) is 35.3 Å². The molecule has 2 aromatic rings. The molecule has 0 aliphatic heterocycles. The van der Waals surface area contributed by atoms with Crippen molar-refractivity contribution in [2.45, 2.75) is 18.9 Å². The fourth-order valence-corrected chi connectivity index (χ4v) is 2.34. The molecule has 1 unspecified atom stereocenters. The maximum atomic E-state index is 12.9. The van der Waals surface area contributed by atoms with Gasteiger partial charge in [0.05, 0.1) is 5.60 Å². The van der Waals surface area contributed by atoms with Gasteiger partial charge in [0.2, 0.25) is 0 Å². The molecule has 1 nitrogen and oxygen atoms in total. The third kappa shape index (κ3) is 3.47. The van der Waals surface area contributed by atoms with Crippen molar-refractivity contribution in [2.24, 2.45) is 0 Å². The van der Waals surface area contributed by atoms with Crippen molar-refractivity contribution in [1.29, 1.82) is 0 Å². The molecule has 4 heteroatoms. The molecule has 100 valence electrons. The van der Waals surface area contributed by atoms with Crippen LogP contribution in [0.5, 0.6) is 0 Å². The Morgan fingerprint density at radius 2 is 1.74 bits per heavy atom. The van der Waals surface area contributed by atoms with Crippen LogP contribution in [0, 0.1) is 5.82 Å². The molecule has 0 radical (unpaired) electrons. The molecule has 0 saturated carbocycles. The molecular weight excluding hydrogens is 286 g/mol. The van der Waals surface area contributed by atoms with E-state index in [9.17, 15) is 9.50 Å². The SMILES string of the molecule is CC(O)(Cc1cc(Cl)ccc1Cl)c1ccc(F)cc1. The molecule has 1 atom stereocenters. The van der Waals surface area contributed by atoms with Crippen molar-refractivity contribution >= 4 is 23.2 Å². The molecule has 2 aromatic carbocycles. The maximum absolute atomic E-state index is 12.9. The van der Waals surface area contributed by atoms with Gasteiger partial charge in [0.25, 0.3) is 0 Å². The summed E-state index contributed by atoms with van der Waals surface area (Å²) in [5.74, 6) is -0.333. The van der Waals surface area contributed by atoms with Gasteiger partial charge in [0, 0.05) is 16.5 Å². The van der Waals surface area contributed by atoms with E-state index in [1.54, 1.807) is 37.3 Å². The molecule has 0 aliphatic rings. The smallest absolute Gasteiger partial charge is 0.123 e. The van der Waals surface area contributed by atoms with Gasteiger partial charge in [-0.3, -0.25) is 0 Å². The second kappa shape index (κ2) is 5.49. The summed E-state index contributed by atoms with van der Waals surface area (Å²) in [6.07, 6.45) is 0.304. The van der Waals surface area contributed by atoms with Crippen LogP contribution in [-0.4, -0.2) is 5.11 Å². The minimum Gasteiger partial charge on any atom is -0.385 e. The van der Waals surface area contributed by atoms with E-state index in [1.807, 2.05) is 0 Å². The van der Waals surface area contributed by atoms with Crippen LogP contribution in [0.1, 0.15) is 18.1 Å². The fraction of sp³-hybridized carbons (Fsp3) is 0.200. The number of halogens is 3. The Labute approximate surface area is 121 Å². The van der Waals surface area contributed by atoms with Crippen LogP contribution in [0.3, 0.4) is 0 Å². The van der Waals surface area contributed by atoms with Gasteiger partial charge in [0.1, 0.15) is 5.82 Å². The van der Waals surface area contributed by atoms with Crippen molar-refractivity contribution in [3.8, 4) is 0 Å². The number of rotatable bonds is 3. The van der Waals surface area contributed by atoms with Crippen molar-refractivity contribution in [1.82, 2.24) is 0 Å². The Kier molecular flexibility index (Phi) is 4.14. The summed E-state index contributed by atoms with van der Waals surface area (Å²) in [7, 11) is 0. The molecule has 0 saturated heterocycles. The summed E-state index contributed by atoms with van der Waals surface area (Å²) < 4.78 is 12.9. The van der Waals surface area contributed by atoms with Crippen LogP contribution in [0.15, 0.2) is 42.5 Å². The molecule has 2 rings (SSSR count). The second-order valence-corrected chi connectivity index (χ2v) is 5.54. The number of aliphatic hydroxyl groups is 1. The van der Waals surface area contributed by atoms with E-state index in [2.05, 4.69) is 0 Å². The topological polar surface area (TPSA) is 20.2 Å². The Bertz CT molecular complexity index is 579. The highest BCUT2D eigenvalue weighted by Gasteiger charge is 2.24. The highest BCUT2D eigenvalue weighted by Crippen LogP contribution is 2.30. The largest absolute Gasteiger partial charge is 0.385 e. The summed E-state index contributed by atoms with van der Waals surface area (Å²) in [6, 6.07) is 10.9. The molecule has 19 heavy (non-hydrogen) atoms. The lowest BCUT2D eigenvalue weighted by Gasteiger charge is -2.24. The van der Waals surface area contributed by atoms with Crippen LogP contribution in [0.4, 0.5) is 4.39 Å². The average Bonchev–Trinajstić information content (AvgIpc) is 2.34. The number of hydrogen-bond acceptors (Lipinski definition) is 1. The normalized spacial score (nSPS) is 14.2. The van der Waals surface area contributed by atoms with Crippen molar-refractivity contribution in [2.75, 3.05) is 0 Å². The molecule has 0 bridgehead atoms. The minimum absolute atomic E-state index is 0.304. The van der Waals surface area contributed by atoms with E-state index in [0.717, 1.165) is 5.56 Å². The lowest BCUT2D eigenvalue weighted by Crippen LogP contribution is -2.24. The van der Waals surface area contributed by atoms with Crippen LogP contribution >= 0.6 is 23.2 Å². The molecule has 0 fully saturated rings. The van der Waals surface area contributed by atoms with Gasteiger partial charge in [-0.05, 0) is 48.4 Å². The molecule has 0 aromatic heterocycles. The minimum atomic E-state index is -1.14. The van der Waals surface area contributed by atoms with Crippen LogP contribution in [0.25, 0.3) is 0 Å². The first-order chi connectivity index (χ1) is 8.88. The van der Waals surface area contributed by atoms with Crippen molar-refractivity contribution in [3.05, 3.63) is 69.5 Å².